The second kappa shape index (κ2) is 10.3. The Morgan fingerprint density at radius 1 is 0.889 bits per heavy atom. The van der Waals surface area contributed by atoms with Crippen molar-refractivity contribution in [2.45, 2.75) is 49.8 Å². The summed E-state index contributed by atoms with van der Waals surface area (Å²) in [6, 6.07) is 0. The maximum Gasteiger partial charge on any atom is 0.230 e. The first-order valence-electron chi connectivity index (χ1n) is 6.06. The van der Waals surface area contributed by atoms with E-state index in [1.807, 2.05) is 0 Å². The van der Waals surface area contributed by atoms with Crippen LogP contribution >= 0.6 is 25.3 Å². The summed E-state index contributed by atoms with van der Waals surface area (Å²) < 4.78 is 0. The van der Waals surface area contributed by atoms with Crippen molar-refractivity contribution in [3.63, 3.8) is 0 Å². The van der Waals surface area contributed by atoms with Gasteiger partial charge in [-0.15, -0.1) is 25.3 Å². The molecule has 0 saturated heterocycles. The molecule has 1 heterocycles. The van der Waals surface area contributed by atoms with E-state index in [0.29, 0.717) is 16.3 Å². The monoisotopic (exact) mass is 295 g/mol. The van der Waals surface area contributed by atoms with Gasteiger partial charge < -0.3 is 4.90 Å². The van der Waals surface area contributed by atoms with Crippen molar-refractivity contribution in [3.8, 4) is 0 Å². The Morgan fingerprint density at radius 2 is 1.33 bits per heavy atom. The van der Waals surface area contributed by atoms with E-state index >= 15 is 0 Å². The molecule has 1 aromatic rings. The summed E-state index contributed by atoms with van der Waals surface area (Å²) in [4.78, 5) is 14.7. The topological polar surface area (TPSA) is 41.9 Å². The number of aromatic nitrogens is 3. The first-order valence-corrected chi connectivity index (χ1v) is 6.95. The zero-order valence-electron chi connectivity index (χ0n) is 11.4. The molecule has 1 aromatic heterocycles. The molecule has 1 radical (unpaired) electrons. The summed E-state index contributed by atoms with van der Waals surface area (Å²) in [6.45, 7) is 6.31. The van der Waals surface area contributed by atoms with Gasteiger partial charge in [0.2, 0.25) is 5.95 Å². The van der Waals surface area contributed by atoms with Crippen molar-refractivity contribution < 1.29 is 0 Å². The molecule has 0 aliphatic heterocycles. The summed E-state index contributed by atoms with van der Waals surface area (Å²) in [5.74, 6) is 0.692. The van der Waals surface area contributed by atoms with E-state index in [0.717, 1.165) is 38.8 Å². The molecule has 7 heteroatoms. The van der Waals surface area contributed by atoms with E-state index in [2.05, 4.69) is 59.0 Å². The van der Waals surface area contributed by atoms with Gasteiger partial charge in [-0.1, -0.05) is 26.7 Å². The molecule has 18 heavy (non-hydrogen) atoms. The minimum absolute atomic E-state index is 0. The number of thiol groups is 2. The zero-order valence-corrected chi connectivity index (χ0v) is 15.2. The molecule has 0 aliphatic rings. The molecule has 97 valence electrons. The Kier molecular flexibility index (Phi) is 10.6. The SMILES string of the molecule is CCCCN(CCCC)c1nc(S)nc(S)n1.[Na]. The average molecular weight is 295 g/mol. The van der Waals surface area contributed by atoms with Crippen LogP contribution in [0, 0.1) is 0 Å². The first kappa shape index (κ1) is 18.5. The first-order chi connectivity index (χ1) is 8.17. The molecule has 0 amide bonds. The smallest absolute Gasteiger partial charge is 0.230 e. The van der Waals surface area contributed by atoms with E-state index in [1.165, 1.54) is 0 Å². The summed E-state index contributed by atoms with van der Waals surface area (Å²) >= 11 is 8.33. The summed E-state index contributed by atoms with van der Waals surface area (Å²) in [7, 11) is 0. The van der Waals surface area contributed by atoms with Gasteiger partial charge in [-0.2, -0.15) is 15.0 Å². The van der Waals surface area contributed by atoms with Crippen LogP contribution in [-0.2, 0) is 0 Å². The molecule has 0 unspecified atom stereocenters. The van der Waals surface area contributed by atoms with Crippen molar-refractivity contribution in [1.29, 1.82) is 0 Å². The molecular formula is C11H20N4NaS2. The normalized spacial score (nSPS) is 10.0. The van der Waals surface area contributed by atoms with Gasteiger partial charge in [-0.25, -0.2) is 0 Å². The molecule has 0 saturated carbocycles. The van der Waals surface area contributed by atoms with E-state index in [4.69, 9.17) is 0 Å². The van der Waals surface area contributed by atoms with Gasteiger partial charge in [-0.3, -0.25) is 0 Å². The number of nitrogens with zero attached hydrogens (tertiary/aromatic N) is 4. The van der Waals surface area contributed by atoms with Crippen molar-refractivity contribution in [2.24, 2.45) is 0 Å². The number of rotatable bonds is 7. The fourth-order valence-electron chi connectivity index (χ4n) is 1.49. The maximum atomic E-state index is 4.26. The fourth-order valence-corrected chi connectivity index (χ4v) is 1.94. The van der Waals surface area contributed by atoms with Gasteiger partial charge >= 0.3 is 0 Å². The number of anilines is 1. The van der Waals surface area contributed by atoms with Crippen molar-refractivity contribution in [2.75, 3.05) is 18.0 Å². The van der Waals surface area contributed by atoms with Crippen LogP contribution in [0.5, 0.6) is 0 Å². The second-order valence-corrected chi connectivity index (χ2v) is 4.73. The molecule has 0 N–H and O–H groups in total. The van der Waals surface area contributed by atoms with Gasteiger partial charge in [0, 0.05) is 42.6 Å². The van der Waals surface area contributed by atoms with Gasteiger partial charge in [-0.05, 0) is 12.8 Å². The quantitative estimate of drug-likeness (QED) is 0.599. The van der Waals surface area contributed by atoms with Crippen LogP contribution in [0.1, 0.15) is 39.5 Å². The third-order valence-corrected chi connectivity index (χ3v) is 2.85. The van der Waals surface area contributed by atoms with Gasteiger partial charge in [0.05, 0.1) is 0 Å². The van der Waals surface area contributed by atoms with Crippen LogP contribution in [0.2, 0.25) is 0 Å². The van der Waals surface area contributed by atoms with Crippen molar-refractivity contribution in [1.82, 2.24) is 15.0 Å². The number of hydrogen-bond donors (Lipinski definition) is 2. The second-order valence-electron chi connectivity index (χ2n) is 3.93. The maximum absolute atomic E-state index is 4.26. The van der Waals surface area contributed by atoms with Crippen LogP contribution in [0.15, 0.2) is 10.3 Å². The van der Waals surface area contributed by atoms with Gasteiger partial charge in [0.25, 0.3) is 0 Å². The summed E-state index contributed by atoms with van der Waals surface area (Å²) in [6.07, 6.45) is 4.60. The number of hydrogen-bond acceptors (Lipinski definition) is 6. The minimum atomic E-state index is 0. The summed E-state index contributed by atoms with van der Waals surface area (Å²) in [5, 5.41) is 0.857. The van der Waals surface area contributed by atoms with Crippen molar-refractivity contribution >= 4 is 60.8 Å². The molecule has 0 spiro atoms. The molecule has 0 aromatic carbocycles. The Bertz CT molecular complexity index is 324. The molecule has 0 bridgehead atoms. The Labute approximate surface area is 142 Å². The predicted molar refractivity (Wildman–Crippen MR) is 82.1 cm³/mol. The van der Waals surface area contributed by atoms with Crippen LogP contribution in [0.4, 0.5) is 5.95 Å². The molecule has 0 aliphatic carbocycles. The minimum Gasteiger partial charge on any atom is -0.341 e. The summed E-state index contributed by atoms with van der Waals surface area (Å²) in [5.41, 5.74) is 0. The molecule has 0 atom stereocenters. The Balaban J connectivity index is 0.00000289. The van der Waals surface area contributed by atoms with E-state index in [9.17, 15) is 0 Å². The van der Waals surface area contributed by atoms with E-state index < -0.39 is 0 Å². The van der Waals surface area contributed by atoms with E-state index in [-0.39, 0.29) is 29.6 Å². The third-order valence-electron chi connectivity index (χ3n) is 2.45. The number of unbranched alkanes of at least 4 members (excludes halogenated alkanes) is 2. The van der Waals surface area contributed by atoms with Crippen molar-refractivity contribution in [3.05, 3.63) is 0 Å². The fraction of sp³-hybridized carbons (Fsp3) is 0.727. The van der Waals surface area contributed by atoms with Crippen LogP contribution in [0.25, 0.3) is 0 Å². The Morgan fingerprint density at radius 3 is 1.72 bits per heavy atom. The van der Waals surface area contributed by atoms with Crippen LogP contribution in [0.3, 0.4) is 0 Å². The molecule has 1 rings (SSSR count). The van der Waals surface area contributed by atoms with Gasteiger partial charge in [0.15, 0.2) is 10.3 Å². The average Bonchev–Trinajstić information content (AvgIpc) is 2.28. The van der Waals surface area contributed by atoms with E-state index in [1.54, 1.807) is 0 Å². The van der Waals surface area contributed by atoms with Gasteiger partial charge in [0.1, 0.15) is 0 Å². The Hall–Kier alpha value is 0.510. The third kappa shape index (κ3) is 6.61. The van der Waals surface area contributed by atoms with Crippen LogP contribution in [-0.4, -0.2) is 57.6 Å². The van der Waals surface area contributed by atoms with Crippen LogP contribution < -0.4 is 4.90 Å². The molecular weight excluding hydrogens is 275 g/mol. The zero-order chi connectivity index (χ0) is 12.7. The predicted octanol–water partition coefficient (Wildman–Crippen LogP) is 2.47. The molecule has 4 nitrogen and oxygen atoms in total. The standard InChI is InChI=1S/C11H20N4S2.Na/c1-3-5-7-15(8-6-4-2)9-12-10(16)14-11(17)13-9;/h3-8H2,1-2H3,(H2,12,13,14,16,17);. The molecule has 0 fully saturated rings. The largest absolute Gasteiger partial charge is 0.341 e.